The highest BCUT2D eigenvalue weighted by atomic mass is 16.5. The number of aliphatic hydroxyl groups is 1. The maximum Gasteiger partial charge on any atom is 0.252 e. The van der Waals surface area contributed by atoms with Crippen molar-refractivity contribution in [3.63, 3.8) is 0 Å². The first-order valence-corrected chi connectivity index (χ1v) is 7.34. The highest BCUT2D eigenvalue weighted by Crippen LogP contribution is 2.23. The highest BCUT2D eigenvalue weighted by molar-refractivity contribution is 6.08. The third-order valence-corrected chi connectivity index (χ3v) is 4.06. The second-order valence-electron chi connectivity index (χ2n) is 5.98. The Bertz CT molecular complexity index is 690. The third-order valence-electron chi connectivity index (χ3n) is 4.06. The van der Waals surface area contributed by atoms with Crippen molar-refractivity contribution >= 4 is 16.7 Å². The summed E-state index contributed by atoms with van der Waals surface area (Å²) < 4.78 is 5.24. The Morgan fingerprint density at radius 1 is 1.27 bits per heavy atom. The van der Waals surface area contributed by atoms with Gasteiger partial charge in [0, 0.05) is 13.7 Å². The van der Waals surface area contributed by atoms with Crippen LogP contribution < -0.4 is 5.32 Å². The molecule has 2 aromatic carbocycles. The molecule has 0 heterocycles. The normalized spacial score (nSPS) is 13.9. The Balaban J connectivity index is 2.33. The molecule has 0 spiro atoms. The molecule has 0 bridgehead atoms. The molecular weight excluding hydrogens is 278 g/mol. The molecule has 0 aliphatic rings. The molecular formula is C18H23NO3. The van der Waals surface area contributed by atoms with Crippen LogP contribution in [0.2, 0.25) is 0 Å². The number of aryl methyl sites for hydroxylation is 2. The molecule has 0 aliphatic heterocycles. The number of nitrogens with one attached hydrogen (secondary N) is 1. The van der Waals surface area contributed by atoms with Gasteiger partial charge in [-0.25, -0.2) is 0 Å². The summed E-state index contributed by atoms with van der Waals surface area (Å²) in [6.07, 6.45) is 0. The number of carbonyl (C=O) groups excluding carboxylic acids is 1. The van der Waals surface area contributed by atoms with Crippen molar-refractivity contribution in [2.75, 3.05) is 20.3 Å². The molecule has 0 radical (unpaired) electrons. The number of fused-ring (bicyclic) bond motifs is 1. The minimum Gasteiger partial charge on any atom is -0.393 e. The van der Waals surface area contributed by atoms with Crippen LogP contribution in [-0.4, -0.2) is 36.9 Å². The largest absolute Gasteiger partial charge is 0.393 e. The Kier molecular flexibility index (Phi) is 4.84. The van der Waals surface area contributed by atoms with Gasteiger partial charge in [0.2, 0.25) is 0 Å². The molecule has 0 saturated carbocycles. The topological polar surface area (TPSA) is 58.6 Å². The first kappa shape index (κ1) is 16.5. The molecule has 0 aromatic heterocycles. The van der Waals surface area contributed by atoms with Gasteiger partial charge in [-0.2, -0.15) is 0 Å². The zero-order valence-electron chi connectivity index (χ0n) is 13.6. The van der Waals surface area contributed by atoms with Crippen LogP contribution in [0.5, 0.6) is 0 Å². The molecule has 1 amide bonds. The number of rotatable bonds is 5. The number of aliphatic hydroxyl groups excluding tert-OH is 1. The third kappa shape index (κ3) is 3.29. The molecule has 118 valence electrons. The Morgan fingerprint density at radius 3 is 2.64 bits per heavy atom. The van der Waals surface area contributed by atoms with E-state index < -0.39 is 5.60 Å². The average Bonchev–Trinajstić information content (AvgIpc) is 2.52. The Labute approximate surface area is 131 Å². The smallest absolute Gasteiger partial charge is 0.252 e. The molecule has 1 unspecified atom stereocenters. The van der Waals surface area contributed by atoms with Crippen LogP contribution in [0.3, 0.4) is 0 Å². The molecule has 4 nitrogen and oxygen atoms in total. The van der Waals surface area contributed by atoms with Gasteiger partial charge in [-0.1, -0.05) is 35.9 Å². The van der Waals surface area contributed by atoms with E-state index in [-0.39, 0.29) is 19.1 Å². The van der Waals surface area contributed by atoms with Crippen molar-refractivity contribution < 1.29 is 14.6 Å². The van der Waals surface area contributed by atoms with Crippen molar-refractivity contribution in [3.05, 3.63) is 47.0 Å². The van der Waals surface area contributed by atoms with Gasteiger partial charge in [-0.15, -0.1) is 0 Å². The van der Waals surface area contributed by atoms with Crippen LogP contribution in [0.15, 0.2) is 30.3 Å². The quantitative estimate of drug-likeness (QED) is 0.892. The van der Waals surface area contributed by atoms with Gasteiger partial charge in [0.15, 0.2) is 0 Å². The second-order valence-corrected chi connectivity index (χ2v) is 5.98. The highest BCUT2D eigenvalue weighted by Gasteiger charge is 2.24. The number of hydrogen-bond acceptors (Lipinski definition) is 3. The minimum atomic E-state index is -0.773. The number of amides is 1. The molecule has 4 heteroatoms. The summed E-state index contributed by atoms with van der Waals surface area (Å²) in [6, 6.07) is 10.0. The summed E-state index contributed by atoms with van der Waals surface area (Å²) >= 11 is 0. The summed E-state index contributed by atoms with van der Waals surface area (Å²) in [7, 11) is 1.52. The number of hydrogen-bond donors (Lipinski definition) is 2. The summed E-state index contributed by atoms with van der Waals surface area (Å²) in [4.78, 5) is 12.6. The predicted molar refractivity (Wildman–Crippen MR) is 88.3 cm³/mol. The lowest BCUT2D eigenvalue weighted by molar-refractivity contribution is -0.0347. The van der Waals surface area contributed by atoms with E-state index >= 15 is 0 Å². The van der Waals surface area contributed by atoms with E-state index in [1.807, 2.05) is 38.1 Å². The van der Waals surface area contributed by atoms with Crippen molar-refractivity contribution in [1.82, 2.24) is 5.32 Å². The van der Waals surface area contributed by atoms with E-state index in [2.05, 4.69) is 11.4 Å². The van der Waals surface area contributed by atoms with Crippen molar-refractivity contribution in [2.45, 2.75) is 26.4 Å². The lowest BCUT2D eigenvalue weighted by Gasteiger charge is -2.26. The van der Waals surface area contributed by atoms with E-state index in [9.17, 15) is 9.90 Å². The molecule has 2 rings (SSSR count). The first-order valence-electron chi connectivity index (χ1n) is 7.34. The molecule has 2 N–H and O–H groups in total. The monoisotopic (exact) mass is 301 g/mol. The van der Waals surface area contributed by atoms with E-state index in [1.165, 1.54) is 7.11 Å². The Morgan fingerprint density at radius 2 is 2.00 bits per heavy atom. The number of ether oxygens (including phenoxy) is 1. The van der Waals surface area contributed by atoms with E-state index in [1.54, 1.807) is 6.92 Å². The van der Waals surface area contributed by atoms with Gasteiger partial charge in [0.1, 0.15) is 5.60 Å². The van der Waals surface area contributed by atoms with Crippen LogP contribution in [0, 0.1) is 13.8 Å². The lowest BCUT2D eigenvalue weighted by Crippen LogP contribution is -2.45. The van der Waals surface area contributed by atoms with Gasteiger partial charge >= 0.3 is 0 Å². The molecule has 22 heavy (non-hydrogen) atoms. The minimum absolute atomic E-state index is 0.149. The molecule has 0 saturated heterocycles. The van der Waals surface area contributed by atoms with Gasteiger partial charge in [0.05, 0.1) is 12.2 Å². The summed E-state index contributed by atoms with van der Waals surface area (Å²) in [5.74, 6) is -0.149. The van der Waals surface area contributed by atoms with E-state index in [4.69, 9.17) is 4.74 Å². The van der Waals surface area contributed by atoms with Crippen molar-refractivity contribution in [3.8, 4) is 0 Å². The first-order chi connectivity index (χ1) is 10.4. The summed E-state index contributed by atoms with van der Waals surface area (Å²) in [5.41, 5.74) is 1.99. The van der Waals surface area contributed by atoms with Crippen LogP contribution in [0.25, 0.3) is 10.8 Å². The SMILES string of the molecule is COC(C)(CO)CNC(=O)c1c(C)ccc2cc(C)ccc12. The van der Waals surface area contributed by atoms with Crippen LogP contribution in [0.4, 0.5) is 0 Å². The van der Waals surface area contributed by atoms with Crippen molar-refractivity contribution in [2.24, 2.45) is 0 Å². The average molecular weight is 301 g/mol. The Hall–Kier alpha value is -1.91. The van der Waals surface area contributed by atoms with Crippen molar-refractivity contribution in [1.29, 1.82) is 0 Å². The number of methoxy groups -OCH3 is 1. The van der Waals surface area contributed by atoms with Crippen LogP contribution >= 0.6 is 0 Å². The summed E-state index contributed by atoms with van der Waals surface area (Å²) in [6.45, 7) is 5.81. The molecule has 2 aromatic rings. The standard InChI is InChI=1S/C18H23NO3/c1-12-5-8-15-14(9-12)7-6-13(2)16(15)17(21)19-10-18(3,11-20)22-4/h5-9,20H,10-11H2,1-4H3,(H,19,21). The van der Waals surface area contributed by atoms with E-state index in [0.717, 1.165) is 21.9 Å². The summed E-state index contributed by atoms with van der Waals surface area (Å²) in [5, 5.41) is 14.2. The van der Waals surface area contributed by atoms with Gasteiger partial charge < -0.3 is 15.2 Å². The molecule has 0 aliphatic carbocycles. The van der Waals surface area contributed by atoms with Crippen LogP contribution in [0.1, 0.15) is 28.4 Å². The zero-order valence-corrected chi connectivity index (χ0v) is 13.6. The fourth-order valence-electron chi connectivity index (χ4n) is 2.41. The van der Waals surface area contributed by atoms with E-state index in [0.29, 0.717) is 5.56 Å². The maximum absolute atomic E-state index is 12.6. The van der Waals surface area contributed by atoms with Gasteiger partial charge in [-0.3, -0.25) is 4.79 Å². The van der Waals surface area contributed by atoms with Crippen LogP contribution in [-0.2, 0) is 4.74 Å². The zero-order chi connectivity index (χ0) is 16.3. The molecule has 0 fully saturated rings. The number of carbonyl (C=O) groups is 1. The van der Waals surface area contributed by atoms with Gasteiger partial charge in [0.25, 0.3) is 5.91 Å². The van der Waals surface area contributed by atoms with Gasteiger partial charge in [-0.05, 0) is 37.1 Å². The fraction of sp³-hybridized carbons (Fsp3) is 0.389. The second kappa shape index (κ2) is 6.46. The number of benzene rings is 2. The fourth-order valence-corrected chi connectivity index (χ4v) is 2.41. The maximum atomic E-state index is 12.6. The lowest BCUT2D eigenvalue weighted by atomic mass is 9.97. The molecule has 1 atom stereocenters. The predicted octanol–water partition coefficient (Wildman–Crippen LogP) is 2.58.